The second kappa shape index (κ2) is 5.07. The smallest absolute Gasteiger partial charge is 0.127 e. The number of fused-ring (bicyclic) bond motifs is 1. The van der Waals surface area contributed by atoms with Crippen molar-refractivity contribution in [3.8, 4) is 5.75 Å². The molecular formula is C14H22N2O. The first-order valence-corrected chi connectivity index (χ1v) is 6.33. The average molecular weight is 234 g/mol. The van der Waals surface area contributed by atoms with Crippen LogP contribution in [0.1, 0.15) is 31.4 Å². The van der Waals surface area contributed by atoms with Crippen LogP contribution in [-0.2, 0) is 13.0 Å². The second-order valence-electron chi connectivity index (χ2n) is 5.26. The minimum absolute atomic E-state index is 0.0598. The molecule has 0 radical (unpaired) electrons. The van der Waals surface area contributed by atoms with Crippen LogP contribution in [0.15, 0.2) is 18.2 Å². The molecule has 0 amide bonds. The third kappa shape index (κ3) is 2.99. The quantitative estimate of drug-likeness (QED) is 0.764. The van der Waals surface area contributed by atoms with Crippen molar-refractivity contribution < 1.29 is 4.74 Å². The van der Waals surface area contributed by atoms with Crippen molar-refractivity contribution in [2.75, 3.05) is 13.1 Å². The maximum Gasteiger partial charge on any atom is 0.127 e. The zero-order valence-corrected chi connectivity index (χ0v) is 10.8. The van der Waals surface area contributed by atoms with Crippen LogP contribution in [0.25, 0.3) is 0 Å². The van der Waals surface area contributed by atoms with Crippen molar-refractivity contribution in [1.82, 2.24) is 5.32 Å². The van der Waals surface area contributed by atoms with Gasteiger partial charge >= 0.3 is 0 Å². The van der Waals surface area contributed by atoms with Gasteiger partial charge in [-0.05, 0) is 38.9 Å². The third-order valence-electron chi connectivity index (χ3n) is 3.05. The van der Waals surface area contributed by atoms with Gasteiger partial charge in [-0.1, -0.05) is 18.2 Å². The Labute approximate surface area is 103 Å². The lowest BCUT2D eigenvalue weighted by molar-refractivity contribution is 0.137. The summed E-state index contributed by atoms with van der Waals surface area (Å²) < 4.78 is 6.02. The number of para-hydroxylation sites is 1. The van der Waals surface area contributed by atoms with Crippen molar-refractivity contribution >= 4 is 0 Å². The Morgan fingerprint density at radius 1 is 1.41 bits per heavy atom. The number of nitrogens with one attached hydrogen (secondary N) is 1. The number of benzene rings is 1. The lowest BCUT2D eigenvalue weighted by atomic mass is 10.0. The SMILES string of the molecule is CC1(C)Cc2cccc(CNCCCN)c2O1. The van der Waals surface area contributed by atoms with Crippen LogP contribution in [0.3, 0.4) is 0 Å². The normalized spacial score (nSPS) is 16.6. The molecule has 3 nitrogen and oxygen atoms in total. The molecule has 0 saturated carbocycles. The molecule has 0 atom stereocenters. The molecule has 2 rings (SSSR count). The predicted molar refractivity (Wildman–Crippen MR) is 70.2 cm³/mol. The van der Waals surface area contributed by atoms with Crippen LogP contribution in [0.2, 0.25) is 0 Å². The minimum atomic E-state index is -0.0598. The van der Waals surface area contributed by atoms with Gasteiger partial charge in [0.25, 0.3) is 0 Å². The predicted octanol–water partition coefficient (Wildman–Crippen LogP) is 1.84. The topological polar surface area (TPSA) is 47.3 Å². The van der Waals surface area contributed by atoms with Crippen LogP contribution in [0.4, 0.5) is 0 Å². The van der Waals surface area contributed by atoms with Gasteiger partial charge in [0.2, 0.25) is 0 Å². The Morgan fingerprint density at radius 2 is 2.24 bits per heavy atom. The van der Waals surface area contributed by atoms with Gasteiger partial charge in [-0.3, -0.25) is 0 Å². The van der Waals surface area contributed by atoms with Crippen LogP contribution in [0, 0.1) is 0 Å². The lowest BCUT2D eigenvalue weighted by Crippen LogP contribution is -2.25. The Bertz CT molecular complexity index is 388. The second-order valence-corrected chi connectivity index (χ2v) is 5.26. The van der Waals surface area contributed by atoms with Gasteiger partial charge < -0.3 is 15.8 Å². The van der Waals surface area contributed by atoms with Gasteiger partial charge in [0, 0.05) is 18.5 Å². The van der Waals surface area contributed by atoms with Gasteiger partial charge in [0.15, 0.2) is 0 Å². The van der Waals surface area contributed by atoms with E-state index < -0.39 is 0 Å². The highest BCUT2D eigenvalue weighted by molar-refractivity contribution is 5.45. The first kappa shape index (κ1) is 12.4. The average Bonchev–Trinajstić information content (AvgIpc) is 2.59. The van der Waals surface area contributed by atoms with E-state index in [9.17, 15) is 0 Å². The van der Waals surface area contributed by atoms with Crippen LogP contribution < -0.4 is 15.8 Å². The standard InChI is InChI=1S/C14H22N2O/c1-14(2)9-11-5-3-6-12(13(11)17-14)10-16-8-4-7-15/h3,5-6,16H,4,7-10,15H2,1-2H3. The fourth-order valence-corrected chi connectivity index (χ4v) is 2.27. The Balaban J connectivity index is 2.03. The molecule has 3 N–H and O–H groups in total. The molecule has 1 aromatic rings. The molecule has 1 aromatic carbocycles. The first-order valence-electron chi connectivity index (χ1n) is 6.33. The highest BCUT2D eigenvalue weighted by Crippen LogP contribution is 2.37. The molecule has 1 aliphatic heterocycles. The molecule has 0 spiro atoms. The summed E-state index contributed by atoms with van der Waals surface area (Å²) >= 11 is 0. The maximum absolute atomic E-state index is 6.02. The summed E-state index contributed by atoms with van der Waals surface area (Å²) in [6.45, 7) is 6.84. The van der Waals surface area contributed by atoms with Crippen LogP contribution >= 0.6 is 0 Å². The summed E-state index contributed by atoms with van der Waals surface area (Å²) in [5.41, 5.74) is 7.99. The van der Waals surface area contributed by atoms with Crippen molar-refractivity contribution in [3.05, 3.63) is 29.3 Å². The van der Waals surface area contributed by atoms with E-state index in [4.69, 9.17) is 10.5 Å². The molecular weight excluding hydrogens is 212 g/mol. The Morgan fingerprint density at radius 3 is 3.00 bits per heavy atom. The molecule has 0 aromatic heterocycles. The molecule has 17 heavy (non-hydrogen) atoms. The van der Waals surface area contributed by atoms with Crippen molar-refractivity contribution in [2.45, 2.75) is 38.8 Å². The largest absolute Gasteiger partial charge is 0.487 e. The summed E-state index contributed by atoms with van der Waals surface area (Å²) in [7, 11) is 0. The fraction of sp³-hybridized carbons (Fsp3) is 0.571. The van der Waals surface area contributed by atoms with E-state index in [1.807, 2.05) is 0 Å². The van der Waals surface area contributed by atoms with Gasteiger partial charge in [-0.15, -0.1) is 0 Å². The van der Waals surface area contributed by atoms with Gasteiger partial charge in [0.05, 0.1) is 0 Å². The van der Waals surface area contributed by atoms with Crippen molar-refractivity contribution in [3.63, 3.8) is 0 Å². The van der Waals surface area contributed by atoms with E-state index in [-0.39, 0.29) is 5.60 Å². The molecule has 94 valence electrons. The monoisotopic (exact) mass is 234 g/mol. The Kier molecular flexibility index (Phi) is 3.69. The van der Waals surface area contributed by atoms with E-state index in [1.165, 1.54) is 11.1 Å². The number of hydrogen-bond donors (Lipinski definition) is 2. The molecule has 0 bridgehead atoms. The van der Waals surface area contributed by atoms with Gasteiger partial charge in [-0.25, -0.2) is 0 Å². The minimum Gasteiger partial charge on any atom is -0.487 e. The highest BCUT2D eigenvalue weighted by atomic mass is 16.5. The van der Waals surface area contributed by atoms with E-state index in [0.29, 0.717) is 0 Å². The lowest BCUT2D eigenvalue weighted by Gasteiger charge is -2.18. The van der Waals surface area contributed by atoms with E-state index in [1.54, 1.807) is 0 Å². The number of rotatable bonds is 5. The first-order chi connectivity index (χ1) is 8.12. The number of ether oxygens (including phenoxy) is 1. The van der Waals surface area contributed by atoms with Crippen molar-refractivity contribution in [1.29, 1.82) is 0 Å². The van der Waals surface area contributed by atoms with Crippen LogP contribution in [-0.4, -0.2) is 18.7 Å². The number of hydrogen-bond acceptors (Lipinski definition) is 3. The molecule has 0 unspecified atom stereocenters. The van der Waals surface area contributed by atoms with Crippen LogP contribution in [0.5, 0.6) is 5.75 Å². The fourth-order valence-electron chi connectivity index (χ4n) is 2.27. The molecule has 1 heterocycles. The summed E-state index contributed by atoms with van der Waals surface area (Å²) in [4.78, 5) is 0. The summed E-state index contributed by atoms with van der Waals surface area (Å²) in [6.07, 6.45) is 2.01. The highest BCUT2D eigenvalue weighted by Gasteiger charge is 2.31. The summed E-state index contributed by atoms with van der Waals surface area (Å²) in [5, 5.41) is 3.40. The molecule has 1 aliphatic rings. The molecule has 0 fully saturated rings. The zero-order chi connectivity index (χ0) is 12.3. The maximum atomic E-state index is 6.02. The molecule has 0 saturated heterocycles. The zero-order valence-electron chi connectivity index (χ0n) is 10.8. The number of nitrogens with two attached hydrogens (primary N) is 1. The van der Waals surface area contributed by atoms with E-state index >= 15 is 0 Å². The summed E-state index contributed by atoms with van der Waals surface area (Å²) in [6, 6.07) is 6.41. The van der Waals surface area contributed by atoms with Gasteiger partial charge in [-0.2, -0.15) is 0 Å². The van der Waals surface area contributed by atoms with E-state index in [2.05, 4.69) is 37.4 Å². The van der Waals surface area contributed by atoms with Crippen molar-refractivity contribution in [2.24, 2.45) is 5.73 Å². The third-order valence-corrected chi connectivity index (χ3v) is 3.05. The molecule has 0 aliphatic carbocycles. The van der Waals surface area contributed by atoms with E-state index in [0.717, 1.165) is 38.2 Å². The molecule has 3 heteroatoms. The summed E-state index contributed by atoms with van der Waals surface area (Å²) in [5.74, 6) is 1.08. The Hall–Kier alpha value is -1.06. The van der Waals surface area contributed by atoms with Gasteiger partial charge in [0.1, 0.15) is 11.4 Å².